The fourth-order valence-electron chi connectivity index (χ4n) is 3.20. The molecule has 0 saturated heterocycles. The van der Waals surface area contributed by atoms with E-state index in [1.165, 1.54) is 12.1 Å². The number of alkyl halides is 3. The molecular weight excluding hydrogens is 421 g/mol. The van der Waals surface area contributed by atoms with Crippen LogP contribution in [-0.4, -0.2) is 39.7 Å². The summed E-state index contributed by atoms with van der Waals surface area (Å²) in [5.74, 6) is 0.425. The van der Waals surface area contributed by atoms with E-state index in [4.69, 9.17) is 4.74 Å². The molecule has 2 N–H and O–H groups in total. The van der Waals surface area contributed by atoms with Crippen molar-refractivity contribution in [1.82, 2.24) is 19.9 Å². The summed E-state index contributed by atoms with van der Waals surface area (Å²) >= 11 is 0. The summed E-state index contributed by atoms with van der Waals surface area (Å²) in [5, 5.41) is 6.17. The van der Waals surface area contributed by atoms with E-state index in [1.807, 2.05) is 31.2 Å². The van der Waals surface area contributed by atoms with Crippen molar-refractivity contribution in [3.63, 3.8) is 0 Å². The number of hydrogen-bond donors (Lipinski definition) is 2. The summed E-state index contributed by atoms with van der Waals surface area (Å²) in [5.41, 5.74) is 1.88. The molecule has 0 unspecified atom stereocenters. The number of nitrogens with zero attached hydrogens (tertiary/aromatic N) is 4. The monoisotopic (exact) mass is 442 g/mol. The molecule has 3 aromatic rings. The molecule has 1 aliphatic heterocycles. The van der Waals surface area contributed by atoms with Crippen molar-refractivity contribution < 1.29 is 17.9 Å². The second-order valence-electron chi connectivity index (χ2n) is 7.22. The molecule has 0 atom stereocenters. The topological polar surface area (TPSA) is 84.9 Å². The van der Waals surface area contributed by atoms with Crippen LogP contribution >= 0.6 is 0 Å². The van der Waals surface area contributed by atoms with E-state index in [-0.39, 0.29) is 23.4 Å². The predicted octanol–water partition coefficient (Wildman–Crippen LogP) is 4.55. The number of fused-ring (bicyclic) bond motifs is 4. The molecule has 1 aliphatic rings. The molecule has 0 amide bonds. The van der Waals surface area contributed by atoms with E-state index in [0.717, 1.165) is 29.3 Å². The molecule has 10 heteroatoms. The Bertz CT molecular complexity index is 1130. The summed E-state index contributed by atoms with van der Waals surface area (Å²) in [6.07, 6.45) is 0.173. The maximum atomic E-state index is 13.1. The molecule has 0 saturated carbocycles. The normalized spacial score (nSPS) is 15.6. The third-order valence-electron chi connectivity index (χ3n) is 4.56. The summed E-state index contributed by atoms with van der Waals surface area (Å²) in [6.45, 7) is 3.27. The Hall–Kier alpha value is -3.53. The maximum absolute atomic E-state index is 13.1. The largest absolute Gasteiger partial charge is 0.433 e. The van der Waals surface area contributed by atoms with Crippen molar-refractivity contribution in [2.75, 3.05) is 30.4 Å². The van der Waals surface area contributed by atoms with Crippen LogP contribution in [0.15, 0.2) is 48.6 Å². The van der Waals surface area contributed by atoms with E-state index in [9.17, 15) is 13.2 Å². The molecule has 1 aromatic carbocycles. The number of nitrogens with one attached hydrogen (secondary N) is 2. The highest BCUT2D eigenvalue weighted by Gasteiger charge is 2.32. The third kappa shape index (κ3) is 5.58. The minimum Gasteiger partial charge on any atom is -0.376 e. The second-order valence-corrected chi connectivity index (χ2v) is 7.22. The fourth-order valence-corrected chi connectivity index (χ4v) is 3.20. The van der Waals surface area contributed by atoms with Gasteiger partial charge in [-0.3, -0.25) is 0 Å². The van der Waals surface area contributed by atoms with Crippen LogP contribution in [0.2, 0.25) is 0 Å². The first-order valence-electron chi connectivity index (χ1n) is 10.0. The molecule has 0 aliphatic carbocycles. The van der Waals surface area contributed by atoms with Gasteiger partial charge in [-0.1, -0.05) is 24.3 Å². The summed E-state index contributed by atoms with van der Waals surface area (Å²) < 4.78 is 44.9. The zero-order chi connectivity index (χ0) is 22.6. The number of halogens is 3. The number of hydrogen-bond acceptors (Lipinski definition) is 7. The van der Waals surface area contributed by atoms with Crippen LogP contribution in [0.1, 0.15) is 16.8 Å². The van der Waals surface area contributed by atoms with Gasteiger partial charge in [0.15, 0.2) is 5.82 Å². The lowest BCUT2D eigenvalue weighted by molar-refractivity contribution is -0.141. The Balaban J connectivity index is 1.74. The summed E-state index contributed by atoms with van der Waals surface area (Å²) in [4.78, 5) is 16.6. The van der Waals surface area contributed by atoms with Crippen LogP contribution in [0, 0.1) is 6.92 Å². The van der Waals surface area contributed by atoms with Gasteiger partial charge in [0.05, 0.1) is 13.2 Å². The average Bonchev–Trinajstić information content (AvgIpc) is 2.74. The summed E-state index contributed by atoms with van der Waals surface area (Å²) in [6, 6.07) is 9.60. The molecule has 32 heavy (non-hydrogen) atoms. The molecule has 4 bridgehead atoms. The first kappa shape index (κ1) is 21.7. The summed E-state index contributed by atoms with van der Waals surface area (Å²) in [7, 11) is 0. The van der Waals surface area contributed by atoms with Crippen LogP contribution < -0.4 is 10.6 Å². The molecule has 7 nitrogen and oxygen atoms in total. The lowest BCUT2D eigenvalue weighted by Crippen LogP contribution is -2.14. The smallest absolute Gasteiger partial charge is 0.376 e. The van der Waals surface area contributed by atoms with E-state index in [2.05, 4.69) is 36.6 Å². The number of rotatable bonds is 1. The Kier molecular flexibility index (Phi) is 6.31. The Morgan fingerprint density at radius 1 is 0.969 bits per heavy atom. The highest BCUT2D eigenvalue weighted by Crippen LogP contribution is 2.29. The molecule has 166 valence electrons. The van der Waals surface area contributed by atoms with Crippen LogP contribution in [0.5, 0.6) is 0 Å². The Morgan fingerprint density at radius 2 is 1.81 bits per heavy atom. The average molecular weight is 442 g/mol. The van der Waals surface area contributed by atoms with Crippen LogP contribution in [0.4, 0.5) is 30.8 Å². The van der Waals surface area contributed by atoms with Gasteiger partial charge >= 0.3 is 6.18 Å². The van der Waals surface area contributed by atoms with E-state index in [1.54, 1.807) is 0 Å². The quantitative estimate of drug-likeness (QED) is 0.535. The number of anilines is 3. The number of aryl methyl sites for hydroxylation is 1. The van der Waals surface area contributed by atoms with Crippen molar-refractivity contribution in [2.45, 2.75) is 19.5 Å². The number of benzene rings is 1. The highest BCUT2D eigenvalue weighted by atomic mass is 19.4. The lowest BCUT2D eigenvalue weighted by Gasteiger charge is -2.12. The van der Waals surface area contributed by atoms with Gasteiger partial charge in [0.1, 0.15) is 11.4 Å². The minimum absolute atomic E-state index is 0.00313. The van der Waals surface area contributed by atoms with Crippen LogP contribution in [0.3, 0.4) is 0 Å². The van der Waals surface area contributed by atoms with Gasteiger partial charge < -0.3 is 15.4 Å². The Labute approximate surface area is 182 Å². The van der Waals surface area contributed by atoms with Crippen LogP contribution in [0.25, 0.3) is 11.5 Å². The van der Waals surface area contributed by atoms with E-state index >= 15 is 0 Å². The number of ether oxygens (including phenoxy) is 1. The molecule has 2 aromatic heterocycles. The van der Waals surface area contributed by atoms with Gasteiger partial charge in [0, 0.05) is 12.2 Å². The number of aromatic nitrogens is 4. The standard InChI is InChI=1S/C22H21F3N6O/c1-14-11-15-5-2-3-9-32-10-8-26-20-29-19(30-21(31-20)27-16(12-14)13-15)17-6-4-7-18(28-17)22(23,24)25/h2-4,6-7,11-13H,5,8-10H2,1H3,(H2,26,27,29,30,31)/b3-2-. The van der Waals surface area contributed by atoms with Crippen molar-refractivity contribution in [1.29, 1.82) is 0 Å². The van der Waals surface area contributed by atoms with Gasteiger partial charge in [-0.05, 0) is 48.7 Å². The van der Waals surface area contributed by atoms with Crippen molar-refractivity contribution in [2.24, 2.45) is 0 Å². The molecule has 4 rings (SSSR count). The van der Waals surface area contributed by atoms with Gasteiger partial charge in [0.25, 0.3) is 0 Å². The zero-order valence-electron chi connectivity index (χ0n) is 17.3. The molecular formula is C22H21F3N6O. The van der Waals surface area contributed by atoms with Crippen LogP contribution in [-0.2, 0) is 17.3 Å². The molecule has 3 heterocycles. The van der Waals surface area contributed by atoms with Gasteiger partial charge in [-0.15, -0.1) is 0 Å². The molecule has 0 fully saturated rings. The Morgan fingerprint density at radius 3 is 2.66 bits per heavy atom. The van der Waals surface area contributed by atoms with Crippen molar-refractivity contribution in [3.8, 4) is 11.5 Å². The number of allylic oxidation sites excluding steroid dienone is 1. The van der Waals surface area contributed by atoms with E-state index in [0.29, 0.717) is 19.8 Å². The van der Waals surface area contributed by atoms with Gasteiger partial charge in [0.2, 0.25) is 11.9 Å². The van der Waals surface area contributed by atoms with E-state index < -0.39 is 11.9 Å². The first-order chi connectivity index (χ1) is 15.4. The fraction of sp³-hybridized carbons (Fsp3) is 0.273. The maximum Gasteiger partial charge on any atom is 0.433 e. The first-order valence-corrected chi connectivity index (χ1v) is 10.0. The minimum atomic E-state index is -4.57. The van der Waals surface area contributed by atoms with Gasteiger partial charge in [-0.2, -0.15) is 28.1 Å². The van der Waals surface area contributed by atoms with Crippen molar-refractivity contribution >= 4 is 17.6 Å². The third-order valence-corrected chi connectivity index (χ3v) is 4.56. The van der Waals surface area contributed by atoms with Crippen molar-refractivity contribution in [3.05, 3.63) is 65.4 Å². The zero-order valence-corrected chi connectivity index (χ0v) is 17.3. The highest BCUT2D eigenvalue weighted by molar-refractivity contribution is 5.60. The lowest BCUT2D eigenvalue weighted by atomic mass is 10.1. The second kappa shape index (κ2) is 9.31. The predicted molar refractivity (Wildman–Crippen MR) is 115 cm³/mol. The SMILES string of the molecule is Cc1cc2cc(c1)Nc1nc(nc(-c3cccc(C(F)(F)F)n3)n1)NCCOC/C=C\C2. The molecule has 0 radical (unpaired) electrons. The number of pyridine rings is 1. The molecule has 0 spiro atoms. The van der Waals surface area contributed by atoms with Gasteiger partial charge in [-0.25, -0.2) is 4.98 Å².